The predicted octanol–water partition coefficient (Wildman–Crippen LogP) is 1.53. The van der Waals surface area contributed by atoms with Gasteiger partial charge in [-0.05, 0) is 45.2 Å². The lowest BCUT2D eigenvalue weighted by Gasteiger charge is -2.43. The van der Waals surface area contributed by atoms with Gasteiger partial charge in [0, 0.05) is 31.7 Å². The molecule has 3 unspecified atom stereocenters. The van der Waals surface area contributed by atoms with E-state index in [0.717, 1.165) is 18.6 Å². The van der Waals surface area contributed by atoms with E-state index in [4.69, 9.17) is 5.73 Å². The van der Waals surface area contributed by atoms with Gasteiger partial charge in [0.15, 0.2) is 0 Å². The minimum Gasteiger partial charge on any atom is -0.330 e. The van der Waals surface area contributed by atoms with Crippen molar-refractivity contribution in [1.29, 1.82) is 0 Å². The number of fused-ring (bicyclic) bond motifs is 1. The molecule has 2 fully saturated rings. The number of nitrogens with zero attached hydrogens (tertiary/aromatic N) is 2. The van der Waals surface area contributed by atoms with Crippen molar-refractivity contribution >= 4 is 0 Å². The highest BCUT2D eigenvalue weighted by Gasteiger charge is 2.34. The maximum absolute atomic E-state index is 5.89. The molecule has 0 radical (unpaired) electrons. The molecule has 3 heteroatoms. The highest BCUT2D eigenvalue weighted by Crippen LogP contribution is 2.25. The van der Waals surface area contributed by atoms with Crippen molar-refractivity contribution < 1.29 is 0 Å². The second-order valence-corrected chi connectivity index (χ2v) is 5.98. The summed E-state index contributed by atoms with van der Waals surface area (Å²) in [5, 5.41) is 0. The molecule has 2 saturated heterocycles. The zero-order valence-electron chi connectivity index (χ0n) is 11.6. The fraction of sp³-hybridized carbons (Fsp3) is 1.00. The second kappa shape index (κ2) is 6.17. The van der Waals surface area contributed by atoms with E-state index in [1.165, 1.54) is 51.9 Å². The lowest BCUT2D eigenvalue weighted by atomic mass is 10.00. The van der Waals surface area contributed by atoms with E-state index in [1.807, 2.05) is 0 Å². The van der Waals surface area contributed by atoms with E-state index in [1.54, 1.807) is 0 Å². The fourth-order valence-electron chi connectivity index (χ4n) is 3.53. The Morgan fingerprint density at radius 1 is 1.35 bits per heavy atom. The van der Waals surface area contributed by atoms with Gasteiger partial charge in [0.2, 0.25) is 0 Å². The summed E-state index contributed by atoms with van der Waals surface area (Å²) in [6, 6.07) is 1.56. The standard InChI is InChI=1S/C14H29N3/c1-3-5-13(8-15)10-17-11-14-6-4-7-16(14)9-12(17)2/h12-14H,3-11,15H2,1-2H3. The van der Waals surface area contributed by atoms with E-state index in [9.17, 15) is 0 Å². The van der Waals surface area contributed by atoms with Crippen LogP contribution in [-0.4, -0.2) is 54.6 Å². The van der Waals surface area contributed by atoms with Crippen LogP contribution in [0.25, 0.3) is 0 Å². The fourth-order valence-corrected chi connectivity index (χ4v) is 3.53. The molecule has 3 nitrogen and oxygen atoms in total. The van der Waals surface area contributed by atoms with Gasteiger partial charge in [0.25, 0.3) is 0 Å². The van der Waals surface area contributed by atoms with Crippen molar-refractivity contribution in [3.05, 3.63) is 0 Å². The Hall–Kier alpha value is -0.120. The van der Waals surface area contributed by atoms with Crippen LogP contribution in [0.3, 0.4) is 0 Å². The monoisotopic (exact) mass is 239 g/mol. The Morgan fingerprint density at radius 2 is 2.18 bits per heavy atom. The molecule has 100 valence electrons. The average molecular weight is 239 g/mol. The molecule has 0 aliphatic carbocycles. The topological polar surface area (TPSA) is 32.5 Å². The van der Waals surface area contributed by atoms with Gasteiger partial charge in [-0.3, -0.25) is 9.80 Å². The largest absolute Gasteiger partial charge is 0.330 e. The van der Waals surface area contributed by atoms with Crippen LogP contribution in [0.4, 0.5) is 0 Å². The van der Waals surface area contributed by atoms with Gasteiger partial charge in [0.05, 0.1) is 0 Å². The third kappa shape index (κ3) is 3.21. The maximum Gasteiger partial charge on any atom is 0.0224 e. The van der Waals surface area contributed by atoms with Crippen LogP contribution in [0.5, 0.6) is 0 Å². The summed E-state index contributed by atoms with van der Waals surface area (Å²) in [6.07, 6.45) is 5.36. The van der Waals surface area contributed by atoms with E-state index < -0.39 is 0 Å². The Kier molecular flexibility index (Phi) is 4.83. The number of hydrogen-bond acceptors (Lipinski definition) is 3. The minimum atomic E-state index is 0.704. The lowest BCUT2D eigenvalue weighted by molar-refractivity contribution is 0.0479. The van der Waals surface area contributed by atoms with Crippen molar-refractivity contribution in [1.82, 2.24) is 9.80 Å². The molecule has 2 aliphatic heterocycles. The molecule has 0 aromatic carbocycles. The van der Waals surface area contributed by atoms with Crippen molar-refractivity contribution in [3.63, 3.8) is 0 Å². The zero-order chi connectivity index (χ0) is 12.3. The molecule has 3 atom stereocenters. The third-order valence-corrected chi connectivity index (χ3v) is 4.59. The summed E-state index contributed by atoms with van der Waals surface area (Å²) in [4.78, 5) is 5.39. The van der Waals surface area contributed by atoms with E-state index in [0.29, 0.717) is 5.92 Å². The van der Waals surface area contributed by atoms with Crippen LogP contribution in [0, 0.1) is 5.92 Å². The summed E-state index contributed by atoms with van der Waals surface area (Å²) in [7, 11) is 0. The van der Waals surface area contributed by atoms with Crippen LogP contribution in [-0.2, 0) is 0 Å². The van der Waals surface area contributed by atoms with Gasteiger partial charge < -0.3 is 5.73 Å². The third-order valence-electron chi connectivity index (χ3n) is 4.59. The van der Waals surface area contributed by atoms with Crippen molar-refractivity contribution in [2.45, 2.75) is 51.6 Å². The molecule has 0 spiro atoms. The first-order chi connectivity index (χ1) is 8.24. The molecule has 2 rings (SSSR count). The molecule has 0 amide bonds. The van der Waals surface area contributed by atoms with Crippen LogP contribution in [0.15, 0.2) is 0 Å². The van der Waals surface area contributed by atoms with Gasteiger partial charge in [-0.15, -0.1) is 0 Å². The van der Waals surface area contributed by atoms with Crippen molar-refractivity contribution in [2.75, 3.05) is 32.7 Å². The van der Waals surface area contributed by atoms with Crippen LogP contribution in [0.1, 0.15) is 39.5 Å². The van der Waals surface area contributed by atoms with E-state index in [-0.39, 0.29) is 0 Å². The molecule has 2 heterocycles. The molecule has 2 N–H and O–H groups in total. The number of rotatable bonds is 5. The van der Waals surface area contributed by atoms with Gasteiger partial charge in [0.1, 0.15) is 0 Å². The molecular weight excluding hydrogens is 210 g/mol. The Labute approximate surface area is 106 Å². The smallest absolute Gasteiger partial charge is 0.0224 e. The molecule has 0 aromatic rings. The molecular formula is C14H29N3. The second-order valence-electron chi connectivity index (χ2n) is 5.98. The summed E-state index contributed by atoms with van der Waals surface area (Å²) >= 11 is 0. The van der Waals surface area contributed by atoms with E-state index >= 15 is 0 Å². The Morgan fingerprint density at radius 3 is 2.88 bits per heavy atom. The quantitative estimate of drug-likeness (QED) is 0.790. The number of nitrogens with two attached hydrogens (primary N) is 1. The first-order valence-corrected chi connectivity index (χ1v) is 7.42. The number of hydrogen-bond donors (Lipinski definition) is 1. The minimum absolute atomic E-state index is 0.704. The summed E-state index contributed by atoms with van der Waals surface area (Å²) in [6.45, 7) is 10.6. The summed E-state index contributed by atoms with van der Waals surface area (Å²) < 4.78 is 0. The van der Waals surface area contributed by atoms with Gasteiger partial charge in [-0.1, -0.05) is 13.3 Å². The van der Waals surface area contributed by atoms with Crippen molar-refractivity contribution in [2.24, 2.45) is 11.7 Å². The molecule has 17 heavy (non-hydrogen) atoms. The predicted molar refractivity (Wildman–Crippen MR) is 73.1 cm³/mol. The van der Waals surface area contributed by atoms with Crippen LogP contribution >= 0.6 is 0 Å². The molecule has 0 aromatic heterocycles. The first-order valence-electron chi connectivity index (χ1n) is 7.42. The number of piperazine rings is 1. The molecule has 0 saturated carbocycles. The molecule has 0 bridgehead atoms. The van der Waals surface area contributed by atoms with Gasteiger partial charge in [-0.25, -0.2) is 0 Å². The SMILES string of the molecule is CCCC(CN)CN1CC2CCCN2CC1C. The van der Waals surface area contributed by atoms with Gasteiger partial charge in [-0.2, -0.15) is 0 Å². The lowest BCUT2D eigenvalue weighted by Crippen LogP contribution is -2.56. The van der Waals surface area contributed by atoms with Gasteiger partial charge >= 0.3 is 0 Å². The van der Waals surface area contributed by atoms with Crippen LogP contribution < -0.4 is 5.73 Å². The van der Waals surface area contributed by atoms with Crippen molar-refractivity contribution in [3.8, 4) is 0 Å². The first kappa shape index (κ1) is 13.3. The highest BCUT2D eigenvalue weighted by atomic mass is 15.3. The molecule has 2 aliphatic rings. The summed E-state index contributed by atoms with van der Waals surface area (Å²) in [5.41, 5.74) is 5.89. The Bertz CT molecular complexity index is 232. The van der Waals surface area contributed by atoms with Crippen LogP contribution in [0.2, 0.25) is 0 Å². The summed E-state index contributed by atoms with van der Waals surface area (Å²) in [5.74, 6) is 0.704. The average Bonchev–Trinajstić information content (AvgIpc) is 2.75. The Balaban J connectivity index is 1.87. The van der Waals surface area contributed by atoms with E-state index in [2.05, 4.69) is 23.6 Å². The zero-order valence-corrected chi connectivity index (χ0v) is 11.6. The normalized spacial score (nSPS) is 32.6. The maximum atomic E-state index is 5.89. The highest BCUT2D eigenvalue weighted by molar-refractivity contribution is 4.91.